The summed E-state index contributed by atoms with van der Waals surface area (Å²) in [5.41, 5.74) is 3.66. The molecule has 26 heavy (non-hydrogen) atoms. The van der Waals surface area contributed by atoms with Crippen LogP contribution in [0.15, 0.2) is 36.7 Å². The molecule has 0 aliphatic carbocycles. The van der Waals surface area contributed by atoms with E-state index in [1.54, 1.807) is 4.68 Å². The first-order valence-corrected chi connectivity index (χ1v) is 8.74. The largest absolute Gasteiger partial charge is 0.333 e. The van der Waals surface area contributed by atoms with Crippen molar-refractivity contribution in [1.29, 1.82) is 0 Å². The fourth-order valence-corrected chi connectivity index (χ4v) is 3.27. The van der Waals surface area contributed by atoms with Gasteiger partial charge < -0.3 is 10.2 Å². The molecular formula is C19H28Cl2N4O. The summed E-state index contributed by atoms with van der Waals surface area (Å²) in [5.74, 6) is 0.227. The van der Waals surface area contributed by atoms with Crippen LogP contribution >= 0.6 is 24.8 Å². The van der Waals surface area contributed by atoms with Gasteiger partial charge in [-0.3, -0.25) is 9.48 Å². The van der Waals surface area contributed by atoms with Gasteiger partial charge in [0, 0.05) is 39.3 Å². The SMILES string of the molecule is CCc1ccc(C2CNCCN2C(=O)CCc2cnn(C)c2)cc1.Cl.Cl. The number of aryl methyl sites for hydroxylation is 3. The highest BCUT2D eigenvalue weighted by Gasteiger charge is 2.27. The maximum Gasteiger partial charge on any atom is 0.223 e. The van der Waals surface area contributed by atoms with Crippen LogP contribution in [0.2, 0.25) is 0 Å². The van der Waals surface area contributed by atoms with Crippen LogP contribution in [0.4, 0.5) is 0 Å². The van der Waals surface area contributed by atoms with E-state index in [-0.39, 0.29) is 36.8 Å². The smallest absolute Gasteiger partial charge is 0.223 e. The number of aromatic nitrogens is 2. The number of hydrogen-bond acceptors (Lipinski definition) is 3. The molecule has 1 aliphatic heterocycles. The molecule has 1 amide bonds. The molecule has 0 radical (unpaired) electrons. The van der Waals surface area contributed by atoms with Crippen LogP contribution in [0, 0.1) is 0 Å². The van der Waals surface area contributed by atoms with Gasteiger partial charge in [0.25, 0.3) is 0 Å². The van der Waals surface area contributed by atoms with E-state index in [1.807, 2.05) is 24.3 Å². The Kier molecular flexibility index (Phi) is 9.13. The molecule has 1 unspecified atom stereocenters. The fourth-order valence-electron chi connectivity index (χ4n) is 3.27. The molecule has 0 spiro atoms. The van der Waals surface area contributed by atoms with E-state index in [0.29, 0.717) is 6.42 Å². The van der Waals surface area contributed by atoms with Crippen LogP contribution in [0.3, 0.4) is 0 Å². The monoisotopic (exact) mass is 398 g/mol. The molecule has 2 aromatic rings. The highest BCUT2D eigenvalue weighted by Crippen LogP contribution is 2.24. The molecule has 0 saturated carbocycles. The highest BCUT2D eigenvalue weighted by molar-refractivity contribution is 5.85. The van der Waals surface area contributed by atoms with Crippen molar-refractivity contribution in [3.8, 4) is 0 Å². The van der Waals surface area contributed by atoms with E-state index in [9.17, 15) is 4.79 Å². The maximum atomic E-state index is 12.8. The number of nitrogens with zero attached hydrogens (tertiary/aromatic N) is 3. The number of rotatable bonds is 5. The lowest BCUT2D eigenvalue weighted by Gasteiger charge is -2.36. The minimum Gasteiger partial charge on any atom is -0.333 e. The predicted molar refractivity (Wildman–Crippen MR) is 109 cm³/mol. The van der Waals surface area contributed by atoms with E-state index in [4.69, 9.17) is 0 Å². The molecule has 1 atom stereocenters. The molecule has 7 heteroatoms. The number of halogens is 2. The summed E-state index contributed by atoms with van der Waals surface area (Å²) in [6, 6.07) is 8.80. The normalized spacial score (nSPS) is 16.5. The molecule has 1 fully saturated rings. The van der Waals surface area contributed by atoms with Crippen molar-refractivity contribution < 1.29 is 4.79 Å². The summed E-state index contributed by atoms with van der Waals surface area (Å²) < 4.78 is 1.78. The van der Waals surface area contributed by atoms with Crippen LogP contribution in [0.5, 0.6) is 0 Å². The first-order valence-electron chi connectivity index (χ1n) is 8.74. The van der Waals surface area contributed by atoms with Crippen LogP contribution in [-0.2, 0) is 24.7 Å². The minimum atomic E-state index is 0. The van der Waals surface area contributed by atoms with Gasteiger partial charge in [0.05, 0.1) is 12.2 Å². The Balaban J connectivity index is 0.00000169. The highest BCUT2D eigenvalue weighted by atomic mass is 35.5. The first kappa shape index (κ1) is 22.5. The van der Waals surface area contributed by atoms with Crippen molar-refractivity contribution in [2.24, 2.45) is 7.05 Å². The molecule has 2 heterocycles. The Morgan fingerprint density at radius 1 is 1.23 bits per heavy atom. The van der Waals surface area contributed by atoms with Gasteiger partial charge in [0.15, 0.2) is 0 Å². The Labute approximate surface area is 168 Å². The molecule has 144 valence electrons. The third-order valence-corrected chi connectivity index (χ3v) is 4.72. The fraction of sp³-hybridized carbons (Fsp3) is 0.474. The van der Waals surface area contributed by atoms with Crippen molar-refractivity contribution >= 4 is 30.7 Å². The average Bonchev–Trinajstić information content (AvgIpc) is 3.05. The van der Waals surface area contributed by atoms with E-state index in [1.165, 1.54) is 11.1 Å². The van der Waals surface area contributed by atoms with Gasteiger partial charge in [-0.05, 0) is 29.5 Å². The zero-order chi connectivity index (χ0) is 16.9. The molecule has 1 aliphatic rings. The van der Waals surface area contributed by atoms with Crippen LogP contribution < -0.4 is 5.32 Å². The Hall–Kier alpha value is -1.56. The van der Waals surface area contributed by atoms with Crippen molar-refractivity contribution in [1.82, 2.24) is 20.0 Å². The third-order valence-electron chi connectivity index (χ3n) is 4.72. The summed E-state index contributed by atoms with van der Waals surface area (Å²) in [6.45, 7) is 4.61. The zero-order valence-corrected chi connectivity index (χ0v) is 17.0. The van der Waals surface area contributed by atoms with Gasteiger partial charge >= 0.3 is 0 Å². The molecular weight excluding hydrogens is 371 g/mol. The Morgan fingerprint density at radius 3 is 2.58 bits per heavy atom. The second-order valence-electron chi connectivity index (χ2n) is 6.42. The van der Waals surface area contributed by atoms with Crippen LogP contribution in [-0.4, -0.2) is 40.2 Å². The third kappa shape index (κ3) is 5.47. The van der Waals surface area contributed by atoms with Gasteiger partial charge in [0.2, 0.25) is 5.91 Å². The van der Waals surface area contributed by atoms with E-state index < -0.39 is 0 Å². The summed E-state index contributed by atoms with van der Waals surface area (Å²) >= 11 is 0. The first-order chi connectivity index (χ1) is 11.7. The number of benzene rings is 1. The summed E-state index contributed by atoms with van der Waals surface area (Å²) in [4.78, 5) is 14.8. The number of nitrogens with one attached hydrogen (secondary N) is 1. The van der Waals surface area contributed by atoms with Crippen LogP contribution in [0.1, 0.15) is 36.1 Å². The van der Waals surface area contributed by atoms with Gasteiger partial charge in [-0.25, -0.2) is 0 Å². The average molecular weight is 399 g/mol. The summed E-state index contributed by atoms with van der Waals surface area (Å²) in [5, 5.41) is 7.58. The lowest BCUT2D eigenvalue weighted by molar-refractivity contribution is -0.134. The number of amides is 1. The van der Waals surface area contributed by atoms with E-state index in [0.717, 1.165) is 38.0 Å². The number of hydrogen-bond donors (Lipinski definition) is 1. The molecule has 1 aromatic carbocycles. The van der Waals surface area contributed by atoms with Crippen molar-refractivity contribution in [3.05, 3.63) is 53.3 Å². The van der Waals surface area contributed by atoms with E-state index in [2.05, 4.69) is 41.6 Å². The summed E-state index contributed by atoms with van der Waals surface area (Å²) in [6.07, 6.45) is 6.14. The lowest BCUT2D eigenvalue weighted by atomic mass is 10.00. The molecule has 1 aromatic heterocycles. The Morgan fingerprint density at radius 2 is 1.96 bits per heavy atom. The van der Waals surface area contributed by atoms with Crippen molar-refractivity contribution in [3.63, 3.8) is 0 Å². The number of carbonyl (C=O) groups excluding carboxylic acids is 1. The second kappa shape index (κ2) is 10.6. The second-order valence-corrected chi connectivity index (χ2v) is 6.42. The topological polar surface area (TPSA) is 50.2 Å². The van der Waals surface area contributed by atoms with Gasteiger partial charge in [-0.2, -0.15) is 5.10 Å². The molecule has 3 rings (SSSR count). The molecule has 1 N–H and O–H groups in total. The van der Waals surface area contributed by atoms with E-state index >= 15 is 0 Å². The van der Waals surface area contributed by atoms with Gasteiger partial charge in [-0.1, -0.05) is 31.2 Å². The predicted octanol–water partition coefficient (Wildman–Crippen LogP) is 2.93. The minimum absolute atomic E-state index is 0. The van der Waals surface area contributed by atoms with Gasteiger partial charge in [-0.15, -0.1) is 24.8 Å². The lowest BCUT2D eigenvalue weighted by Crippen LogP contribution is -2.48. The Bertz CT molecular complexity index is 687. The number of piperazine rings is 1. The van der Waals surface area contributed by atoms with Crippen molar-refractivity contribution in [2.45, 2.75) is 32.2 Å². The van der Waals surface area contributed by atoms with Crippen molar-refractivity contribution in [2.75, 3.05) is 19.6 Å². The zero-order valence-electron chi connectivity index (χ0n) is 15.4. The number of carbonyl (C=O) groups is 1. The molecule has 1 saturated heterocycles. The quantitative estimate of drug-likeness (QED) is 0.841. The molecule has 5 nitrogen and oxygen atoms in total. The van der Waals surface area contributed by atoms with Crippen LogP contribution in [0.25, 0.3) is 0 Å². The van der Waals surface area contributed by atoms with Gasteiger partial charge in [0.1, 0.15) is 0 Å². The summed E-state index contributed by atoms with van der Waals surface area (Å²) in [7, 11) is 1.90. The maximum absolute atomic E-state index is 12.8. The molecule has 0 bridgehead atoms. The standard InChI is InChI=1S/C19H26N4O.2ClH/c1-3-15-4-7-17(8-5-15)18-13-20-10-11-23(18)19(24)9-6-16-12-21-22(2)14-16;;/h4-5,7-8,12,14,18,20H,3,6,9-11,13H2,1-2H3;2*1H.